The van der Waals surface area contributed by atoms with Gasteiger partial charge >= 0.3 is 0 Å². The Balaban J connectivity index is 0.00000176. The fourth-order valence-corrected chi connectivity index (χ4v) is 3.36. The molecule has 4 heteroatoms. The van der Waals surface area contributed by atoms with Crippen LogP contribution in [0.5, 0.6) is 5.88 Å². The molecule has 2 aromatic rings. The maximum Gasteiger partial charge on any atom is 0.213 e. The molecule has 0 unspecified atom stereocenters. The molecule has 0 saturated heterocycles. The topological polar surface area (TPSA) is 22.1 Å². The van der Waals surface area contributed by atoms with Gasteiger partial charge in [0.05, 0.1) is 13.3 Å². The Morgan fingerprint density at radius 3 is 2.19 bits per heavy atom. The highest BCUT2D eigenvalue weighted by atomic mass is 19.1. The van der Waals surface area contributed by atoms with Crippen molar-refractivity contribution < 1.29 is 13.5 Å². The maximum atomic E-state index is 14.4. The molecule has 27 heavy (non-hydrogen) atoms. The van der Waals surface area contributed by atoms with Crippen molar-refractivity contribution in [2.24, 2.45) is 5.41 Å². The Bertz CT molecular complexity index is 741. The van der Waals surface area contributed by atoms with Gasteiger partial charge in [-0.25, -0.2) is 13.8 Å². The van der Waals surface area contributed by atoms with E-state index in [4.69, 9.17) is 4.74 Å². The molecule has 0 amide bonds. The zero-order valence-electron chi connectivity index (χ0n) is 17.7. The summed E-state index contributed by atoms with van der Waals surface area (Å²) in [6.07, 6.45) is 4.61. The molecule has 150 valence electrons. The van der Waals surface area contributed by atoms with E-state index in [0.717, 1.165) is 31.0 Å². The SMILES string of the molecule is CC.CCCC(C)(C)Cc1cc(CC)c(F)cc1-c1cc(OC)ncc1F. The summed E-state index contributed by atoms with van der Waals surface area (Å²) in [7, 11) is 1.48. The molecular weight excluding hydrogens is 344 g/mol. The van der Waals surface area contributed by atoms with E-state index in [9.17, 15) is 8.78 Å². The highest BCUT2D eigenvalue weighted by Crippen LogP contribution is 2.36. The standard InChI is InChI=1S/C21H27F2NO.C2H6/c1-6-8-21(3,4)12-15-9-14(7-2)18(22)10-16(15)17-11-20(25-5)24-13-19(17)23;1-2/h9-11,13H,6-8,12H2,1-5H3;1-2H3. The van der Waals surface area contributed by atoms with Crippen molar-refractivity contribution in [1.82, 2.24) is 4.98 Å². The molecule has 0 spiro atoms. The molecule has 1 aromatic heterocycles. The summed E-state index contributed by atoms with van der Waals surface area (Å²) in [4.78, 5) is 3.88. The fourth-order valence-electron chi connectivity index (χ4n) is 3.36. The first-order valence-electron chi connectivity index (χ1n) is 9.82. The predicted octanol–water partition coefficient (Wildman–Crippen LogP) is 6.99. The highest BCUT2D eigenvalue weighted by Gasteiger charge is 2.22. The quantitative estimate of drug-likeness (QED) is 0.518. The Kier molecular flexibility index (Phi) is 8.87. The fraction of sp³-hybridized carbons (Fsp3) is 0.522. The van der Waals surface area contributed by atoms with Crippen LogP contribution in [0.25, 0.3) is 11.1 Å². The van der Waals surface area contributed by atoms with Crippen molar-refractivity contribution >= 4 is 0 Å². The molecule has 0 bridgehead atoms. The monoisotopic (exact) mass is 377 g/mol. The largest absolute Gasteiger partial charge is 0.481 e. The van der Waals surface area contributed by atoms with Crippen LogP contribution in [0.2, 0.25) is 0 Å². The van der Waals surface area contributed by atoms with Crippen LogP contribution in [0.1, 0.15) is 65.5 Å². The molecule has 0 N–H and O–H groups in total. The molecule has 0 aliphatic carbocycles. The number of benzene rings is 1. The van der Waals surface area contributed by atoms with Gasteiger partial charge < -0.3 is 4.74 Å². The van der Waals surface area contributed by atoms with Gasteiger partial charge in [0.1, 0.15) is 11.6 Å². The van der Waals surface area contributed by atoms with E-state index in [1.807, 2.05) is 26.8 Å². The summed E-state index contributed by atoms with van der Waals surface area (Å²) in [5, 5.41) is 0. The van der Waals surface area contributed by atoms with Crippen molar-refractivity contribution in [2.75, 3.05) is 7.11 Å². The van der Waals surface area contributed by atoms with E-state index in [1.165, 1.54) is 19.2 Å². The second kappa shape index (κ2) is 10.4. The van der Waals surface area contributed by atoms with Crippen LogP contribution in [-0.4, -0.2) is 12.1 Å². The van der Waals surface area contributed by atoms with Crippen LogP contribution in [0.4, 0.5) is 8.78 Å². The summed E-state index contributed by atoms with van der Waals surface area (Å²) < 4.78 is 34.0. The number of aryl methyl sites for hydroxylation is 1. The molecule has 2 rings (SSSR count). The minimum atomic E-state index is -0.473. The van der Waals surface area contributed by atoms with E-state index in [0.29, 0.717) is 29.0 Å². The lowest BCUT2D eigenvalue weighted by Crippen LogP contribution is -2.16. The summed E-state index contributed by atoms with van der Waals surface area (Å²) in [6, 6.07) is 4.87. The third kappa shape index (κ3) is 6.02. The molecule has 0 aliphatic heterocycles. The first kappa shape index (κ1) is 23.1. The van der Waals surface area contributed by atoms with Gasteiger partial charge in [0.25, 0.3) is 0 Å². The minimum absolute atomic E-state index is 0.0555. The minimum Gasteiger partial charge on any atom is -0.481 e. The molecule has 1 aromatic carbocycles. The van der Waals surface area contributed by atoms with Crippen molar-refractivity contribution in [3.05, 3.63) is 47.2 Å². The van der Waals surface area contributed by atoms with Gasteiger partial charge in [-0.2, -0.15) is 0 Å². The van der Waals surface area contributed by atoms with Crippen molar-refractivity contribution in [3.8, 4) is 17.0 Å². The molecule has 1 heterocycles. The van der Waals surface area contributed by atoms with Gasteiger partial charge in [-0.05, 0) is 47.4 Å². The van der Waals surface area contributed by atoms with Gasteiger partial charge in [0.15, 0.2) is 0 Å². The lowest BCUT2D eigenvalue weighted by Gasteiger charge is -2.26. The van der Waals surface area contributed by atoms with E-state index >= 15 is 0 Å². The van der Waals surface area contributed by atoms with Gasteiger partial charge in [0, 0.05) is 11.6 Å². The number of halogens is 2. The number of nitrogens with zero attached hydrogens (tertiary/aromatic N) is 1. The zero-order valence-corrected chi connectivity index (χ0v) is 17.7. The molecule has 2 nitrogen and oxygen atoms in total. The Morgan fingerprint density at radius 1 is 0.963 bits per heavy atom. The average Bonchev–Trinajstić information content (AvgIpc) is 2.64. The average molecular weight is 378 g/mol. The highest BCUT2D eigenvalue weighted by molar-refractivity contribution is 5.69. The van der Waals surface area contributed by atoms with Gasteiger partial charge in [0.2, 0.25) is 5.88 Å². The Hall–Kier alpha value is -1.97. The smallest absolute Gasteiger partial charge is 0.213 e. The number of aromatic nitrogens is 1. The van der Waals surface area contributed by atoms with E-state index < -0.39 is 5.82 Å². The van der Waals surface area contributed by atoms with Gasteiger partial charge in [-0.1, -0.05) is 54.0 Å². The first-order chi connectivity index (χ1) is 12.8. The van der Waals surface area contributed by atoms with Crippen LogP contribution in [-0.2, 0) is 12.8 Å². The molecule has 0 aliphatic rings. The molecule has 0 radical (unpaired) electrons. The van der Waals surface area contributed by atoms with E-state index in [1.54, 1.807) is 0 Å². The van der Waals surface area contributed by atoms with Crippen LogP contribution < -0.4 is 4.74 Å². The van der Waals surface area contributed by atoms with Gasteiger partial charge in [-0.3, -0.25) is 0 Å². The number of methoxy groups -OCH3 is 1. The molecular formula is C23H33F2NO. The van der Waals surface area contributed by atoms with Crippen LogP contribution in [0.3, 0.4) is 0 Å². The predicted molar refractivity (Wildman–Crippen MR) is 109 cm³/mol. The van der Waals surface area contributed by atoms with E-state index in [2.05, 4.69) is 25.8 Å². The van der Waals surface area contributed by atoms with Crippen LogP contribution in [0.15, 0.2) is 24.4 Å². The number of rotatable bonds is 7. The summed E-state index contributed by atoms with van der Waals surface area (Å²) >= 11 is 0. The third-order valence-electron chi connectivity index (χ3n) is 4.58. The lowest BCUT2D eigenvalue weighted by molar-refractivity contribution is 0.329. The van der Waals surface area contributed by atoms with Crippen molar-refractivity contribution in [3.63, 3.8) is 0 Å². The molecule has 0 fully saturated rings. The first-order valence-corrected chi connectivity index (χ1v) is 9.82. The number of pyridine rings is 1. The van der Waals surface area contributed by atoms with Gasteiger partial charge in [-0.15, -0.1) is 0 Å². The van der Waals surface area contributed by atoms with Crippen molar-refractivity contribution in [2.45, 2.75) is 67.2 Å². The number of hydrogen-bond donors (Lipinski definition) is 0. The third-order valence-corrected chi connectivity index (χ3v) is 4.58. The second-order valence-corrected chi connectivity index (χ2v) is 7.25. The van der Waals surface area contributed by atoms with E-state index in [-0.39, 0.29) is 11.2 Å². The molecule has 0 saturated carbocycles. The number of ether oxygens (including phenoxy) is 1. The van der Waals surface area contributed by atoms with Crippen molar-refractivity contribution in [1.29, 1.82) is 0 Å². The normalized spacial score (nSPS) is 11.0. The Labute approximate surface area is 163 Å². The number of hydrogen-bond acceptors (Lipinski definition) is 2. The van der Waals surface area contributed by atoms with Crippen LogP contribution >= 0.6 is 0 Å². The summed E-state index contributed by atoms with van der Waals surface area (Å²) in [6.45, 7) is 12.5. The Morgan fingerprint density at radius 2 is 1.63 bits per heavy atom. The molecule has 0 atom stereocenters. The summed E-state index contributed by atoms with van der Waals surface area (Å²) in [5.41, 5.74) is 2.59. The maximum absolute atomic E-state index is 14.4. The lowest BCUT2D eigenvalue weighted by atomic mass is 9.79. The van der Waals surface area contributed by atoms with Crippen LogP contribution in [0, 0.1) is 17.0 Å². The summed E-state index contributed by atoms with van der Waals surface area (Å²) in [5.74, 6) is -0.459. The second-order valence-electron chi connectivity index (χ2n) is 7.25. The zero-order chi connectivity index (χ0) is 20.6.